The summed E-state index contributed by atoms with van der Waals surface area (Å²) in [4.78, 5) is 4.06. The quantitative estimate of drug-likeness (QED) is 0.546. The number of aromatic nitrogens is 2. The van der Waals surface area contributed by atoms with Crippen LogP contribution >= 0.6 is 11.6 Å². The molecule has 0 unspecified atom stereocenters. The lowest BCUT2D eigenvalue weighted by atomic mass is 10.5. The number of alkyl halides is 1. The van der Waals surface area contributed by atoms with Crippen molar-refractivity contribution in [1.29, 1.82) is 0 Å². The van der Waals surface area contributed by atoms with Crippen LogP contribution in [0.5, 0.6) is 0 Å². The molecule has 0 aliphatic heterocycles. The smallest absolute Gasteiger partial charge is 0.123 e. The Bertz CT molecular complexity index is 205. The fraction of sp³-hybridized carbons (Fsp3) is 0.500. The van der Waals surface area contributed by atoms with Crippen LogP contribution in [0.4, 0.5) is 0 Å². The van der Waals surface area contributed by atoms with Gasteiger partial charge in [0.05, 0.1) is 5.88 Å². The van der Waals surface area contributed by atoms with Gasteiger partial charge in [0.15, 0.2) is 0 Å². The number of halogens is 1. The van der Waals surface area contributed by atoms with E-state index in [9.17, 15) is 0 Å². The fourth-order valence-electron chi connectivity index (χ4n) is 0.669. The average Bonchev–Trinajstić information content (AvgIpc) is 2.15. The van der Waals surface area contributed by atoms with Gasteiger partial charge in [0.1, 0.15) is 5.82 Å². The molecule has 0 saturated carbocycles. The monoisotopic (exact) mass is 144 g/mol. The third kappa shape index (κ3) is 1.08. The molecule has 9 heavy (non-hydrogen) atoms. The van der Waals surface area contributed by atoms with Crippen molar-refractivity contribution in [2.45, 2.75) is 12.8 Å². The van der Waals surface area contributed by atoms with Gasteiger partial charge in [-0.25, -0.2) is 4.98 Å². The Kier molecular flexibility index (Phi) is 1.76. The number of aryl methyl sites for hydroxylation is 1. The first-order valence-corrected chi connectivity index (χ1v) is 3.32. The third-order valence-electron chi connectivity index (χ3n) is 1.44. The van der Waals surface area contributed by atoms with E-state index in [0.717, 1.165) is 11.5 Å². The van der Waals surface area contributed by atoms with Crippen LogP contribution in [0.25, 0.3) is 0 Å². The van der Waals surface area contributed by atoms with E-state index in [1.165, 1.54) is 0 Å². The standard InChI is InChI=1S/C6H9ClN2/c1-5-4-8-6(3-7)9(5)2/h4H,3H2,1-2H3. The van der Waals surface area contributed by atoms with E-state index >= 15 is 0 Å². The van der Waals surface area contributed by atoms with E-state index in [1.54, 1.807) is 0 Å². The zero-order chi connectivity index (χ0) is 6.85. The van der Waals surface area contributed by atoms with Gasteiger partial charge in [-0.15, -0.1) is 11.6 Å². The summed E-state index contributed by atoms with van der Waals surface area (Å²) in [5.41, 5.74) is 1.14. The van der Waals surface area contributed by atoms with Gasteiger partial charge in [0, 0.05) is 18.9 Å². The maximum absolute atomic E-state index is 5.56. The first-order valence-electron chi connectivity index (χ1n) is 2.79. The van der Waals surface area contributed by atoms with Crippen molar-refractivity contribution < 1.29 is 0 Å². The van der Waals surface area contributed by atoms with Crippen LogP contribution in [-0.4, -0.2) is 9.55 Å². The minimum absolute atomic E-state index is 0.490. The summed E-state index contributed by atoms with van der Waals surface area (Å²) in [6, 6.07) is 0. The maximum atomic E-state index is 5.56. The van der Waals surface area contributed by atoms with Gasteiger partial charge in [-0.2, -0.15) is 0 Å². The van der Waals surface area contributed by atoms with Crippen molar-refractivity contribution in [3.63, 3.8) is 0 Å². The van der Waals surface area contributed by atoms with Gasteiger partial charge in [-0.1, -0.05) is 0 Å². The van der Waals surface area contributed by atoms with Gasteiger partial charge in [0.2, 0.25) is 0 Å². The molecule has 3 heteroatoms. The second-order valence-corrected chi connectivity index (χ2v) is 2.28. The largest absolute Gasteiger partial charge is 0.334 e. The summed E-state index contributed by atoms with van der Waals surface area (Å²) in [5.74, 6) is 1.42. The van der Waals surface area contributed by atoms with Gasteiger partial charge in [0.25, 0.3) is 0 Å². The molecule has 0 atom stereocenters. The molecule has 0 spiro atoms. The summed E-state index contributed by atoms with van der Waals surface area (Å²) in [7, 11) is 1.96. The predicted molar refractivity (Wildman–Crippen MR) is 37.5 cm³/mol. The van der Waals surface area contributed by atoms with Crippen LogP contribution in [0, 0.1) is 6.92 Å². The number of nitrogens with zero attached hydrogens (tertiary/aromatic N) is 2. The lowest BCUT2D eigenvalue weighted by Crippen LogP contribution is -1.95. The second-order valence-electron chi connectivity index (χ2n) is 2.01. The molecule has 0 N–H and O–H groups in total. The lowest BCUT2D eigenvalue weighted by Gasteiger charge is -1.96. The van der Waals surface area contributed by atoms with Crippen molar-refractivity contribution in [2.75, 3.05) is 0 Å². The fourth-order valence-corrected chi connectivity index (χ4v) is 0.917. The van der Waals surface area contributed by atoms with E-state index in [2.05, 4.69) is 4.98 Å². The van der Waals surface area contributed by atoms with Crippen LogP contribution in [0.3, 0.4) is 0 Å². The Morgan fingerprint density at radius 3 is 2.67 bits per heavy atom. The summed E-state index contributed by atoms with van der Waals surface area (Å²) in [6.07, 6.45) is 1.82. The van der Waals surface area contributed by atoms with Crippen molar-refractivity contribution >= 4 is 11.6 Å². The van der Waals surface area contributed by atoms with Crippen molar-refractivity contribution in [3.8, 4) is 0 Å². The summed E-state index contributed by atoms with van der Waals surface area (Å²) in [5, 5.41) is 0. The zero-order valence-electron chi connectivity index (χ0n) is 5.56. The van der Waals surface area contributed by atoms with Crippen LogP contribution in [0.1, 0.15) is 11.5 Å². The highest BCUT2D eigenvalue weighted by Gasteiger charge is 1.98. The van der Waals surface area contributed by atoms with E-state index in [0.29, 0.717) is 5.88 Å². The Morgan fingerprint density at radius 2 is 2.44 bits per heavy atom. The molecule has 0 bridgehead atoms. The minimum Gasteiger partial charge on any atom is -0.334 e. The maximum Gasteiger partial charge on any atom is 0.123 e. The van der Waals surface area contributed by atoms with Crippen LogP contribution in [-0.2, 0) is 12.9 Å². The normalized spacial score (nSPS) is 10.1. The van der Waals surface area contributed by atoms with Crippen molar-refractivity contribution in [3.05, 3.63) is 17.7 Å². The number of rotatable bonds is 1. The molecule has 1 rings (SSSR count). The van der Waals surface area contributed by atoms with Gasteiger partial charge >= 0.3 is 0 Å². The topological polar surface area (TPSA) is 17.8 Å². The van der Waals surface area contributed by atoms with E-state index in [-0.39, 0.29) is 0 Å². The van der Waals surface area contributed by atoms with E-state index in [1.807, 2.05) is 24.7 Å². The summed E-state index contributed by atoms with van der Waals surface area (Å²) >= 11 is 5.56. The molecule has 1 heterocycles. The van der Waals surface area contributed by atoms with Gasteiger partial charge in [-0.3, -0.25) is 0 Å². The van der Waals surface area contributed by atoms with E-state index in [4.69, 9.17) is 11.6 Å². The Hall–Kier alpha value is -0.500. The van der Waals surface area contributed by atoms with Crippen molar-refractivity contribution in [2.24, 2.45) is 7.05 Å². The van der Waals surface area contributed by atoms with Crippen LogP contribution in [0.2, 0.25) is 0 Å². The highest BCUT2D eigenvalue weighted by molar-refractivity contribution is 6.16. The molecule has 1 aromatic heterocycles. The Balaban J connectivity index is 3.04. The highest BCUT2D eigenvalue weighted by Crippen LogP contribution is 2.02. The summed E-state index contributed by atoms with van der Waals surface area (Å²) in [6.45, 7) is 2.00. The highest BCUT2D eigenvalue weighted by atomic mass is 35.5. The lowest BCUT2D eigenvalue weighted by molar-refractivity contribution is 0.818. The zero-order valence-corrected chi connectivity index (χ0v) is 6.31. The molecule has 50 valence electrons. The Morgan fingerprint density at radius 1 is 1.78 bits per heavy atom. The second kappa shape index (κ2) is 2.40. The Labute approximate surface area is 59.5 Å². The minimum atomic E-state index is 0.490. The van der Waals surface area contributed by atoms with Gasteiger partial charge < -0.3 is 4.57 Å². The number of hydrogen-bond acceptors (Lipinski definition) is 1. The molecule has 0 saturated heterocycles. The molecule has 1 aromatic rings. The molecule has 0 radical (unpaired) electrons. The van der Waals surface area contributed by atoms with Gasteiger partial charge in [-0.05, 0) is 6.92 Å². The predicted octanol–water partition coefficient (Wildman–Crippen LogP) is 1.47. The van der Waals surface area contributed by atoms with E-state index < -0.39 is 0 Å². The molecular formula is C6H9ClN2. The molecule has 2 nitrogen and oxygen atoms in total. The van der Waals surface area contributed by atoms with Crippen LogP contribution < -0.4 is 0 Å². The SMILES string of the molecule is Cc1cnc(CCl)n1C. The molecular weight excluding hydrogens is 136 g/mol. The summed E-state index contributed by atoms with van der Waals surface area (Å²) < 4.78 is 1.98. The first-order chi connectivity index (χ1) is 4.25. The molecule has 0 amide bonds. The molecule has 0 aliphatic rings. The molecule has 0 aromatic carbocycles. The van der Waals surface area contributed by atoms with Crippen molar-refractivity contribution in [1.82, 2.24) is 9.55 Å². The third-order valence-corrected chi connectivity index (χ3v) is 1.68. The first kappa shape index (κ1) is 6.62. The van der Waals surface area contributed by atoms with Crippen LogP contribution in [0.15, 0.2) is 6.20 Å². The number of imidazole rings is 1. The molecule has 0 aliphatic carbocycles. The number of hydrogen-bond donors (Lipinski definition) is 0. The average molecular weight is 145 g/mol. The molecule has 0 fully saturated rings.